The highest BCUT2D eigenvalue weighted by atomic mass is 16.5. The Hall–Kier alpha value is -4.06. The van der Waals surface area contributed by atoms with Gasteiger partial charge < -0.3 is 20.7 Å². The highest BCUT2D eigenvalue weighted by molar-refractivity contribution is 5.89. The van der Waals surface area contributed by atoms with Gasteiger partial charge in [-0.15, -0.1) is 0 Å². The molecule has 0 aliphatic heterocycles. The molecule has 1 heterocycles. The van der Waals surface area contributed by atoms with Gasteiger partial charge in [-0.05, 0) is 86.7 Å². The van der Waals surface area contributed by atoms with Crippen molar-refractivity contribution < 1.29 is 9.53 Å². The zero-order valence-electron chi connectivity index (χ0n) is 19.8. The second-order valence-corrected chi connectivity index (χ2v) is 9.07. The van der Waals surface area contributed by atoms with Gasteiger partial charge in [0.25, 0.3) is 0 Å². The van der Waals surface area contributed by atoms with Crippen molar-refractivity contribution in [1.82, 2.24) is 10.3 Å². The number of fused-ring (bicyclic) bond motifs is 1. The van der Waals surface area contributed by atoms with Crippen molar-refractivity contribution in [3.05, 3.63) is 90.5 Å². The Morgan fingerprint density at radius 1 is 0.829 bits per heavy atom. The summed E-state index contributed by atoms with van der Waals surface area (Å²) in [5, 5.41) is 10.8. The maximum absolute atomic E-state index is 12.5. The lowest BCUT2D eigenvalue weighted by atomic mass is 9.91. The third-order valence-corrected chi connectivity index (χ3v) is 6.43. The average Bonchev–Trinajstić information content (AvgIpc) is 2.87. The Labute approximate surface area is 205 Å². The van der Waals surface area contributed by atoms with E-state index in [-0.39, 0.29) is 12.1 Å². The molecule has 0 spiro atoms. The van der Waals surface area contributed by atoms with Gasteiger partial charge in [-0.3, -0.25) is 0 Å². The number of carbonyl (C=O) groups excluding carboxylic acids is 1. The fourth-order valence-corrected chi connectivity index (χ4v) is 4.60. The van der Waals surface area contributed by atoms with E-state index in [0.29, 0.717) is 6.04 Å². The van der Waals surface area contributed by atoms with Crippen molar-refractivity contribution in [2.45, 2.75) is 44.7 Å². The smallest absolute Gasteiger partial charge is 0.319 e. The molecular formula is C29H30N4O2. The predicted molar refractivity (Wildman–Crippen MR) is 141 cm³/mol. The minimum Gasteiger partial charge on any atom is -0.457 e. The van der Waals surface area contributed by atoms with Gasteiger partial charge in [0, 0.05) is 23.2 Å². The first-order valence-corrected chi connectivity index (χ1v) is 12.2. The minimum atomic E-state index is -0.176. The molecule has 5 rings (SSSR count). The van der Waals surface area contributed by atoms with Gasteiger partial charge in [0.2, 0.25) is 0 Å². The number of aromatic nitrogens is 1. The maximum atomic E-state index is 12.5. The van der Waals surface area contributed by atoms with Crippen LogP contribution in [0.3, 0.4) is 0 Å². The van der Waals surface area contributed by atoms with E-state index in [2.05, 4.69) is 41.1 Å². The molecule has 0 saturated heterocycles. The number of urea groups is 1. The highest BCUT2D eigenvalue weighted by Crippen LogP contribution is 2.25. The summed E-state index contributed by atoms with van der Waals surface area (Å²) in [4.78, 5) is 17.3. The highest BCUT2D eigenvalue weighted by Gasteiger charge is 2.23. The van der Waals surface area contributed by atoms with Gasteiger partial charge in [-0.2, -0.15) is 0 Å². The third-order valence-electron chi connectivity index (χ3n) is 6.43. The molecule has 4 aromatic rings. The standard InChI is InChI=1S/C29H30N4O2/c1-20-19-28(33-27-10-6-5-9-26(20)27)30-21-11-13-22(14-12-21)31-29(34)32-23-15-17-25(18-16-23)35-24-7-3-2-4-8-24/h2-10,15-19,21-22H,11-14H2,1H3,(H,30,33)(H2,31,32,34). The van der Waals surface area contributed by atoms with Crippen LogP contribution in [0.5, 0.6) is 11.5 Å². The number of anilines is 2. The van der Waals surface area contributed by atoms with Crippen molar-refractivity contribution in [1.29, 1.82) is 0 Å². The summed E-state index contributed by atoms with van der Waals surface area (Å²) in [5.74, 6) is 2.43. The Morgan fingerprint density at radius 3 is 2.26 bits per heavy atom. The number of rotatable bonds is 6. The van der Waals surface area contributed by atoms with E-state index in [0.717, 1.165) is 54.2 Å². The largest absolute Gasteiger partial charge is 0.457 e. The Bertz CT molecular complexity index is 1280. The van der Waals surface area contributed by atoms with E-state index in [1.807, 2.05) is 66.7 Å². The maximum Gasteiger partial charge on any atom is 0.319 e. The SMILES string of the molecule is Cc1cc(NC2CCC(NC(=O)Nc3ccc(Oc4ccccc4)cc3)CC2)nc2ccccc12. The van der Waals surface area contributed by atoms with Crippen molar-refractivity contribution >= 4 is 28.4 Å². The molecule has 1 aromatic heterocycles. The summed E-state index contributed by atoms with van der Waals surface area (Å²) in [6, 6.07) is 27.7. The normalized spacial score (nSPS) is 17.5. The van der Waals surface area contributed by atoms with E-state index in [9.17, 15) is 4.79 Å². The molecule has 178 valence electrons. The molecular weight excluding hydrogens is 436 g/mol. The number of nitrogens with zero attached hydrogens (tertiary/aromatic N) is 1. The summed E-state index contributed by atoms with van der Waals surface area (Å²) in [7, 11) is 0. The monoisotopic (exact) mass is 466 g/mol. The van der Waals surface area contributed by atoms with Gasteiger partial charge in [0.1, 0.15) is 17.3 Å². The first-order chi connectivity index (χ1) is 17.1. The van der Waals surface area contributed by atoms with E-state index < -0.39 is 0 Å². The molecule has 1 aliphatic rings. The summed E-state index contributed by atoms with van der Waals surface area (Å²) >= 11 is 0. The van der Waals surface area contributed by atoms with Crippen LogP contribution >= 0.6 is 0 Å². The van der Waals surface area contributed by atoms with Gasteiger partial charge in [-0.1, -0.05) is 36.4 Å². The summed E-state index contributed by atoms with van der Waals surface area (Å²) in [6.07, 6.45) is 3.84. The molecule has 1 fully saturated rings. The number of nitrogens with one attached hydrogen (secondary N) is 3. The van der Waals surface area contributed by atoms with Crippen LogP contribution in [0.2, 0.25) is 0 Å². The fourth-order valence-electron chi connectivity index (χ4n) is 4.60. The van der Waals surface area contributed by atoms with Gasteiger partial charge >= 0.3 is 6.03 Å². The average molecular weight is 467 g/mol. The van der Waals surface area contributed by atoms with Crippen LogP contribution in [0.25, 0.3) is 10.9 Å². The third kappa shape index (κ3) is 5.90. The zero-order valence-corrected chi connectivity index (χ0v) is 19.8. The number of ether oxygens (including phenoxy) is 1. The minimum absolute atomic E-state index is 0.167. The molecule has 2 amide bonds. The van der Waals surface area contributed by atoms with Crippen LogP contribution in [-0.2, 0) is 0 Å². The summed E-state index contributed by atoms with van der Waals surface area (Å²) in [6.45, 7) is 2.12. The van der Waals surface area contributed by atoms with E-state index >= 15 is 0 Å². The predicted octanol–water partition coefficient (Wildman–Crippen LogP) is 6.88. The Kier molecular flexibility index (Phi) is 6.80. The summed E-state index contributed by atoms with van der Waals surface area (Å²) in [5.41, 5.74) is 2.97. The van der Waals surface area contributed by atoms with Crippen molar-refractivity contribution in [3.63, 3.8) is 0 Å². The van der Waals surface area contributed by atoms with Crippen LogP contribution < -0.4 is 20.7 Å². The molecule has 1 aliphatic carbocycles. The second kappa shape index (κ2) is 10.5. The van der Waals surface area contributed by atoms with Crippen LogP contribution in [-0.4, -0.2) is 23.1 Å². The van der Waals surface area contributed by atoms with E-state index in [1.54, 1.807) is 0 Å². The van der Waals surface area contributed by atoms with Crippen molar-refractivity contribution in [2.24, 2.45) is 0 Å². The molecule has 35 heavy (non-hydrogen) atoms. The molecule has 0 radical (unpaired) electrons. The fraction of sp³-hybridized carbons (Fsp3) is 0.241. The molecule has 3 N–H and O–H groups in total. The zero-order chi connectivity index (χ0) is 24.0. The number of aryl methyl sites for hydroxylation is 1. The topological polar surface area (TPSA) is 75.3 Å². The number of benzene rings is 3. The van der Waals surface area contributed by atoms with Crippen LogP contribution in [0.4, 0.5) is 16.3 Å². The first kappa shape index (κ1) is 22.7. The number of amides is 2. The lowest BCUT2D eigenvalue weighted by molar-refractivity contribution is 0.243. The Balaban J connectivity index is 1.08. The van der Waals surface area contributed by atoms with Gasteiger partial charge in [-0.25, -0.2) is 9.78 Å². The van der Waals surface area contributed by atoms with Crippen LogP contribution in [0.15, 0.2) is 84.9 Å². The molecule has 0 bridgehead atoms. The lowest BCUT2D eigenvalue weighted by Gasteiger charge is -2.30. The quantitative estimate of drug-likeness (QED) is 0.289. The molecule has 0 unspecified atom stereocenters. The van der Waals surface area contributed by atoms with Crippen LogP contribution in [0, 0.1) is 6.92 Å². The Morgan fingerprint density at radius 2 is 1.49 bits per heavy atom. The number of hydrogen-bond donors (Lipinski definition) is 3. The lowest BCUT2D eigenvalue weighted by Crippen LogP contribution is -2.42. The molecule has 3 aromatic carbocycles. The number of hydrogen-bond acceptors (Lipinski definition) is 4. The summed E-state index contributed by atoms with van der Waals surface area (Å²) < 4.78 is 5.80. The molecule has 6 heteroatoms. The van der Waals surface area contributed by atoms with Gasteiger partial charge in [0.05, 0.1) is 5.52 Å². The molecule has 1 saturated carbocycles. The number of para-hydroxylation sites is 2. The molecule has 0 atom stereocenters. The number of pyridine rings is 1. The van der Waals surface area contributed by atoms with Gasteiger partial charge in [0.15, 0.2) is 0 Å². The van der Waals surface area contributed by atoms with Crippen molar-refractivity contribution in [2.75, 3.05) is 10.6 Å². The molecule has 6 nitrogen and oxygen atoms in total. The van der Waals surface area contributed by atoms with E-state index in [4.69, 9.17) is 9.72 Å². The van der Waals surface area contributed by atoms with E-state index in [1.165, 1.54) is 10.9 Å². The second-order valence-electron chi connectivity index (χ2n) is 9.07. The first-order valence-electron chi connectivity index (χ1n) is 12.2. The van der Waals surface area contributed by atoms with Crippen LogP contribution in [0.1, 0.15) is 31.2 Å². The number of carbonyl (C=O) groups is 1. The van der Waals surface area contributed by atoms with Crippen molar-refractivity contribution in [3.8, 4) is 11.5 Å².